The number of hydrogen-bond acceptors (Lipinski definition) is 4. The molecular weight excluding hydrogens is 413 g/mol. The first-order chi connectivity index (χ1) is 9.42. The van der Waals surface area contributed by atoms with Crippen molar-refractivity contribution >= 4 is 55.7 Å². The second-order valence-electron chi connectivity index (χ2n) is 3.86. The van der Waals surface area contributed by atoms with Crippen molar-refractivity contribution in [3.63, 3.8) is 0 Å². The number of nitrogens with one attached hydrogen (secondary N) is 2. The molecule has 1 aromatic heterocycles. The fourth-order valence-corrected chi connectivity index (χ4v) is 3.54. The highest BCUT2D eigenvalue weighted by Gasteiger charge is 2.16. The highest BCUT2D eigenvalue weighted by molar-refractivity contribution is 14.1. The Morgan fingerprint density at radius 1 is 1.25 bits per heavy atom. The lowest BCUT2D eigenvalue weighted by Gasteiger charge is -2.10. The molecule has 0 saturated carbocycles. The molecule has 2 rings (SSSR count). The maximum Gasteiger partial charge on any atom is 0.262 e. The van der Waals surface area contributed by atoms with Crippen LogP contribution in [0.4, 0.5) is 11.5 Å². The molecule has 0 aliphatic carbocycles. The number of rotatable bonds is 4. The minimum absolute atomic E-state index is 0.117. The third kappa shape index (κ3) is 3.53. The summed E-state index contributed by atoms with van der Waals surface area (Å²) in [6, 6.07) is 7.95. The SMILES string of the molecule is CNc1cc(S(=O)(=O)Nc2ccc(I)cc2Cl)ccn1. The zero-order valence-corrected chi connectivity index (χ0v) is 14.1. The zero-order valence-electron chi connectivity index (χ0n) is 10.4. The van der Waals surface area contributed by atoms with Crippen molar-refractivity contribution in [2.75, 3.05) is 17.1 Å². The Balaban J connectivity index is 2.35. The predicted octanol–water partition coefficient (Wildman–Crippen LogP) is 3.18. The lowest BCUT2D eigenvalue weighted by molar-refractivity contribution is 0.601. The molecule has 8 heteroatoms. The van der Waals surface area contributed by atoms with Crippen LogP contribution in [-0.4, -0.2) is 20.4 Å². The fraction of sp³-hybridized carbons (Fsp3) is 0.0833. The Morgan fingerprint density at radius 2 is 2.00 bits per heavy atom. The normalized spacial score (nSPS) is 11.2. The Bertz CT molecular complexity index is 737. The molecular formula is C12H11ClIN3O2S. The molecule has 1 heterocycles. The minimum atomic E-state index is -3.70. The Hall–Kier alpha value is -1.06. The van der Waals surface area contributed by atoms with Crippen molar-refractivity contribution in [2.45, 2.75) is 4.90 Å². The summed E-state index contributed by atoms with van der Waals surface area (Å²) in [7, 11) is -2.03. The number of hydrogen-bond donors (Lipinski definition) is 2. The lowest BCUT2D eigenvalue weighted by Crippen LogP contribution is -2.13. The number of aromatic nitrogens is 1. The summed E-state index contributed by atoms with van der Waals surface area (Å²) in [6.07, 6.45) is 1.43. The van der Waals surface area contributed by atoms with E-state index < -0.39 is 10.0 Å². The number of sulfonamides is 1. The van der Waals surface area contributed by atoms with Crippen LogP contribution in [0.15, 0.2) is 41.4 Å². The van der Waals surface area contributed by atoms with Crippen LogP contribution < -0.4 is 10.0 Å². The Morgan fingerprint density at radius 3 is 2.65 bits per heavy atom. The van der Waals surface area contributed by atoms with Gasteiger partial charge in [-0.1, -0.05) is 11.6 Å². The Labute approximate surface area is 135 Å². The molecule has 2 N–H and O–H groups in total. The van der Waals surface area contributed by atoms with Gasteiger partial charge in [0.1, 0.15) is 5.82 Å². The van der Waals surface area contributed by atoms with Crippen molar-refractivity contribution in [3.8, 4) is 0 Å². The second-order valence-corrected chi connectivity index (χ2v) is 7.19. The summed E-state index contributed by atoms with van der Waals surface area (Å²) in [6.45, 7) is 0. The summed E-state index contributed by atoms with van der Waals surface area (Å²) in [4.78, 5) is 4.09. The summed E-state index contributed by atoms with van der Waals surface area (Å²) in [5.74, 6) is 0.474. The van der Waals surface area contributed by atoms with E-state index in [-0.39, 0.29) is 4.90 Å². The van der Waals surface area contributed by atoms with Gasteiger partial charge in [-0.15, -0.1) is 0 Å². The molecule has 106 valence electrons. The highest BCUT2D eigenvalue weighted by atomic mass is 127. The first-order valence-corrected chi connectivity index (χ1v) is 8.48. The van der Waals surface area contributed by atoms with Gasteiger partial charge < -0.3 is 5.32 Å². The van der Waals surface area contributed by atoms with Gasteiger partial charge in [0.25, 0.3) is 10.0 Å². The van der Waals surface area contributed by atoms with Gasteiger partial charge in [0, 0.05) is 22.9 Å². The maximum absolute atomic E-state index is 12.3. The zero-order chi connectivity index (χ0) is 14.8. The molecule has 0 bridgehead atoms. The average Bonchev–Trinajstić information content (AvgIpc) is 2.42. The number of pyridine rings is 1. The van der Waals surface area contributed by atoms with E-state index in [4.69, 9.17) is 11.6 Å². The van der Waals surface area contributed by atoms with Crippen molar-refractivity contribution in [1.29, 1.82) is 0 Å². The monoisotopic (exact) mass is 423 g/mol. The molecule has 0 spiro atoms. The molecule has 0 fully saturated rings. The summed E-state index contributed by atoms with van der Waals surface area (Å²) < 4.78 is 27.9. The second kappa shape index (κ2) is 6.15. The van der Waals surface area contributed by atoms with Gasteiger partial charge in [0.15, 0.2) is 0 Å². The molecule has 2 aromatic rings. The smallest absolute Gasteiger partial charge is 0.262 e. The van der Waals surface area contributed by atoms with E-state index in [2.05, 4.69) is 37.6 Å². The lowest BCUT2D eigenvalue weighted by atomic mass is 10.3. The molecule has 0 aliphatic rings. The topological polar surface area (TPSA) is 71.1 Å². The van der Waals surface area contributed by atoms with E-state index in [0.717, 1.165) is 3.57 Å². The Kier molecular flexibility index (Phi) is 4.71. The third-order valence-electron chi connectivity index (χ3n) is 2.47. The van der Waals surface area contributed by atoms with Gasteiger partial charge in [0.2, 0.25) is 0 Å². The van der Waals surface area contributed by atoms with Crippen molar-refractivity contribution in [3.05, 3.63) is 45.1 Å². The van der Waals surface area contributed by atoms with Gasteiger partial charge in [-0.25, -0.2) is 13.4 Å². The van der Waals surface area contributed by atoms with E-state index in [1.807, 2.05) is 0 Å². The van der Waals surface area contributed by atoms with Crippen LogP contribution in [0.2, 0.25) is 5.02 Å². The van der Waals surface area contributed by atoms with E-state index in [1.165, 1.54) is 18.3 Å². The van der Waals surface area contributed by atoms with Crippen LogP contribution in [0.25, 0.3) is 0 Å². The van der Waals surface area contributed by atoms with Crippen LogP contribution in [0.1, 0.15) is 0 Å². The minimum Gasteiger partial charge on any atom is -0.373 e. The average molecular weight is 424 g/mol. The van der Waals surface area contributed by atoms with Crippen molar-refractivity contribution in [2.24, 2.45) is 0 Å². The standard InChI is InChI=1S/C12H11ClIN3O2S/c1-15-12-7-9(4-5-16-12)20(18,19)17-11-3-2-8(14)6-10(11)13/h2-7,17H,1H3,(H,15,16). The third-order valence-corrected chi connectivity index (χ3v) is 4.82. The van der Waals surface area contributed by atoms with E-state index in [1.54, 1.807) is 25.2 Å². The fourth-order valence-electron chi connectivity index (χ4n) is 1.49. The molecule has 0 amide bonds. The number of nitrogens with zero attached hydrogens (tertiary/aromatic N) is 1. The first kappa shape index (κ1) is 15.3. The van der Waals surface area contributed by atoms with E-state index >= 15 is 0 Å². The number of benzene rings is 1. The largest absolute Gasteiger partial charge is 0.373 e. The van der Waals surface area contributed by atoms with Crippen LogP contribution in [-0.2, 0) is 10.0 Å². The molecule has 0 aliphatic heterocycles. The number of anilines is 2. The number of halogens is 2. The summed E-state index contributed by atoms with van der Waals surface area (Å²) >= 11 is 8.13. The molecule has 0 saturated heterocycles. The summed E-state index contributed by atoms with van der Waals surface area (Å²) in [5.41, 5.74) is 0.343. The van der Waals surface area contributed by atoms with E-state index in [9.17, 15) is 8.42 Å². The van der Waals surface area contributed by atoms with Gasteiger partial charge in [0.05, 0.1) is 15.6 Å². The predicted molar refractivity (Wildman–Crippen MR) is 88.8 cm³/mol. The van der Waals surface area contributed by atoms with Crippen LogP contribution in [0.5, 0.6) is 0 Å². The van der Waals surface area contributed by atoms with Gasteiger partial charge >= 0.3 is 0 Å². The van der Waals surface area contributed by atoms with Crippen LogP contribution >= 0.6 is 34.2 Å². The molecule has 0 unspecified atom stereocenters. The molecule has 0 radical (unpaired) electrons. The quantitative estimate of drug-likeness (QED) is 0.741. The van der Waals surface area contributed by atoms with Gasteiger partial charge in [-0.3, -0.25) is 4.72 Å². The summed E-state index contributed by atoms with van der Waals surface area (Å²) in [5, 5.41) is 3.14. The maximum atomic E-state index is 12.3. The highest BCUT2D eigenvalue weighted by Crippen LogP contribution is 2.26. The molecule has 20 heavy (non-hydrogen) atoms. The van der Waals surface area contributed by atoms with E-state index in [0.29, 0.717) is 16.5 Å². The first-order valence-electron chi connectivity index (χ1n) is 5.54. The van der Waals surface area contributed by atoms with Gasteiger partial charge in [-0.05, 0) is 46.9 Å². The van der Waals surface area contributed by atoms with Crippen molar-refractivity contribution in [1.82, 2.24) is 4.98 Å². The molecule has 5 nitrogen and oxygen atoms in total. The van der Waals surface area contributed by atoms with Gasteiger partial charge in [-0.2, -0.15) is 0 Å². The molecule has 1 aromatic carbocycles. The molecule has 0 atom stereocenters. The van der Waals surface area contributed by atoms with Crippen LogP contribution in [0, 0.1) is 3.57 Å². The van der Waals surface area contributed by atoms with Crippen molar-refractivity contribution < 1.29 is 8.42 Å². The van der Waals surface area contributed by atoms with Crippen LogP contribution in [0.3, 0.4) is 0 Å².